The van der Waals surface area contributed by atoms with Gasteiger partial charge in [0.1, 0.15) is 5.82 Å². The Kier molecular flexibility index (Phi) is 6.63. The number of pyridine rings is 1. The number of benzene rings is 1. The maximum absolute atomic E-state index is 14.7. The Bertz CT molecular complexity index is 1160. The second-order valence-electron chi connectivity index (χ2n) is 8.89. The zero-order valence-electron chi connectivity index (χ0n) is 19.6. The van der Waals surface area contributed by atoms with Crippen LogP contribution in [0, 0.1) is 19.7 Å². The molecule has 0 amide bonds. The standard InChI is InChI=1S/C26H30FN5OS/c1-18-17-20(19(2)32(18)23-9-4-3-7-21(23)27)25-24(22-8-5-6-10-28-22)29-26(34)31(25)12-11-30-13-15-33-16-14-30/h3-10,17,24-25H,11-16H2,1-2H3,(H,29,34)/t24-,25-/m1/s1. The summed E-state index contributed by atoms with van der Waals surface area (Å²) in [5, 5.41) is 4.26. The molecule has 2 fully saturated rings. The lowest BCUT2D eigenvalue weighted by molar-refractivity contribution is 0.0350. The molecular weight excluding hydrogens is 449 g/mol. The van der Waals surface area contributed by atoms with Crippen molar-refractivity contribution in [2.24, 2.45) is 0 Å². The summed E-state index contributed by atoms with van der Waals surface area (Å²) >= 11 is 5.84. The number of para-hydroxylation sites is 1. The summed E-state index contributed by atoms with van der Waals surface area (Å²) < 4.78 is 22.2. The molecule has 2 aliphatic heterocycles. The quantitative estimate of drug-likeness (QED) is 0.541. The number of nitrogens with zero attached hydrogens (tertiary/aromatic N) is 4. The smallest absolute Gasteiger partial charge is 0.170 e. The van der Waals surface area contributed by atoms with Crippen molar-refractivity contribution in [2.75, 3.05) is 39.4 Å². The largest absolute Gasteiger partial charge is 0.379 e. The Morgan fingerprint density at radius 2 is 1.85 bits per heavy atom. The molecule has 4 heterocycles. The lowest BCUT2D eigenvalue weighted by Gasteiger charge is -2.32. The third kappa shape index (κ3) is 4.33. The van der Waals surface area contributed by atoms with Gasteiger partial charge in [0.25, 0.3) is 0 Å². The number of aryl methyl sites for hydroxylation is 1. The molecular formula is C26H30FN5OS. The molecule has 8 heteroatoms. The van der Waals surface area contributed by atoms with Gasteiger partial charge in [0.05, 0.1) is 36.7 Å². The molecule has 34 heavy (non-hydrogen) atoms. The summed E-state index contributed by atoms with van der Waals surface area (Å²) in [6, 6.07) is 14.9. The molecule has 0 saturated carbocycles. The van der Waals surface area contributed by atoms with E-state index in [0.29, 0.717) is 5.69 Å². The van der Waals surface area contributed by atoms with Crippen molar-refractivity contribution in [3.63, 3.8) is 0 Å². The number of ether oxygens (including phenoxy) is 1. The highest BCUT2D eigenvalue weighted by Crippen LogP contribution is 2.41. The third-order valence-corrected chi connectivity index (χ3v) is 7.19. The van der Waals surface area contributed by atoms with Gasteiger partial charge in [-0.2, -0.15) is 0 Å². The van der Waals surface area contributed by atoms with Crippen molar-refractivity contribution in [1.29, 1.82) is 0 Å². The zero-order chi connectivity index (χ0) is 23.7. The maximum atomic E-state index is 14.7. The minimum Gasteiger partial charge on any atom is -0.379 e. The van der Waals surface area contributed by atoms with Crippen LogP contribution in [0.3, 0.4) is 0 Å². The summed E-state index contributed by atoms with van der Waals surface area (Å²) in [6.45, 7) is 9.20. The summed E-state index contributed by atoms with van der Waals surface area (Å²) in [7, 11) is 0. The Morgan fingerprint density at radius 3 is 2.59 bits per heavy atom. The number of hydrogen-bond donors (Lipinski definition) is 1. The van der Waals surface area contributed by atoms with Crippen LogP contribution in [0.2, 0.25) is 0 Å². The maximum Gasteiger partial charge on any atom is 0.170 e. The lowest BCUT2D eigenvalue weighted by atomic mass is 9.96. The first kappa shape index (κ1) is 23.0. The normalized spacial score (nSPS) is 21.1. The summed E-state index contributed by atoms with van der Waals surface area (Å²) in [6.07, 6.45) is 1.82. The minimum absolute atomic E-state index is 0.0461. The van der Waals surface area contributed by atoms with E-state index in [-0.39, 0.29) is 17.9 Å². The van der Waals surface area contributed by atoms with Crippen LogP contribution in [0.5, 0.6) is 0 Å². The van der Waals surface area contributed by atoms with Crippen molar-refractivity contribution >= 4 is 17.3 Å². The van der Waals surface area contributed by atoms with E-state index in [4.69, 9.17) is 17.0 Å². The molecule has 2 aromatic heterocycles. The van der Waals surface area contributed by atoms with Gasteiger partial charge in [-0.05, 0) is 62.0 Å². The van der Waals surface area contributed by atoms with Crippen molar-refractivity contribution in [3.8, 4) is 5.69 Å². The Morgan fingerprint density at radius 1 is 1.09 bits per heavy atom. The lowest BCUT2D eigenvalue weighted by Crippen LogP contribution is -2.42. The van der Waals surface area contributed by atoms with E-state index < -0.39 is 0 Å². The minimum atomic E-state index is -0.235. The van der Waals surface area contributed by atoms with Crippen LogP contribution >= 0.6 is 12.2 Å². The highest BCUT2D eigenvalue weighted by molar-refractivity contribution is 7.80. The number of morpholine rings is 1. The van der Waals surface area contributed by atoms with Crippen LogP contribution in [0.4, 0.5) is 4.39 Å². The number of rotatable bonds is 6. The Hall–Kier alpha value is -2.81. The van der Waals surface area contributed by atoms with Crippen molar-refractivity contribution in [1.82, 2.24) is 24.7 Å². The van der Waals surface area contributed by atoms with Crippen LogP contribution in [0.15, 0.2) is 54.7 Å². The fourth-order valence-electron chi connectivity index (χ4n) is 5.15. The predicted molar refractivity (Wildman–Crippen MR) is 135 cm³/mol. The first-order valence-electron chi connectivity index (χ1n) is 11.8. The molecule has 5 rings (SSSR count). The van der Waals surface area contributed by atoms with E-state index in [2.05, 4.69) is 33.1 Å². The van der Waals surface area contributed by atoms with Gasteiger partial charge in [-0.25, -0.2) is 4.39 Å². The highest BCUT2D eigenvalue weighted by Gasteiger charge is 2.41. The Balaban J connectivity index is 1.53. The van der Waals surface area contributed by atoms with E-state index >= 15 is 0 Å². The molecule has 0 radical (unpaired) electrons. The van der Waals surface area contributed by atoms with E-state index in [1.807, 2.05) is 48.0 Å². The average Bonchev–Trinajstić information content (AvgIpc) is 3.34. The molecule has 178 valence electrons. The second-order valence-corrected chi connectivity index (χ2v) is 9.27. The van der Waals surface area contributed by atoms with Crippen LogP contribution in [0.1, 0.15) is 34.7 Å². The van der Waals surface area contributed by atoms with E-state index in [1.165, 1.54) is 6.07 Å². The van der Waals surface area contributed by atoms with Crippen LogP contribution in [0.25, 0.3) is 5.69 Å². The van der Waals surface area contributed by atoms with Gasteiger partial charge in [0, 0.05) is 43.8 Å². The Labute approximate surface area is 205 Å². The molecule has 2 aliphatic rings. The fourth-order valence-corrected chi connectivity index (χ4v) is 5.48. The number of thiocarbonyl (C=S) groups is 1. The molecule has 0 aliphatic carbocycles. The monoisotopic (exact) mass is 479 g/mol. The van der Waals surface area contributed by atoms with Crippen LogP contribution < -0.4 is 5.32 Å². The fraction of sp³-hybridized carbons (Fsp3) is 0.385. The summed E-state index contributed by atoms with van der Waals surface area (Å²) in [4.78, 5) is 9.34. The summed E-state index contributed by atoms with van der Waals surface area (Å²) in [5.74, 6) is -0.235. The van der Waals surface area contributed by atoms with E-state index in [9.17, 15) is 4.39 Å². The molecule has 2 saturated heterocycles. The third-order valence-electron chi connectivity index (χ3n) is 6.84. The van der Waals surface area contributed by atoms with Gasteiger partial charge in [0.2, 0.25) is 0 Å². The van der Waals surface area contributed by atoms with E-state index in [1.54, 1.807) is 6.07 Å². The second kappa shape index (κ2) is 9.82. The number of hydrogen-bond acceptors (Lipinski definition) is 4. The molecule has 6 nitrogen and oxygen atoms in total. The predicted octanol–water partition coefficient (Wildman–Crippen LogP) is 3.93. The molecule has 0 bridgehead atoms. The van der Waals surface area contributed by atoms with E-state index in [0.717, 1.165) is 67.2 Å². The topological polar surface area (TPSA) is 45.6 Å². The molecule has 3 aromatic rings. The number of nitrogens with one attached hydrogen (secondary N) is 1. The first-order valence-corrected chi connectivity index (χ1v) is 12.2. The van der Waals surface area contributed by atoms with Gasteiger partial charge in [0.15, 0.2) is 5.11 Å². The van der Waals surface area contributed by atoms with Gasteiger partial charge < -0.3 is 19.5 Å². The van der Waals surface area contributed by atoms with Gasteiger partial charge >= 0.3 is 0 Å². The van der Waals surface area contributed by atoms with Crippen molar-refractivity contribution in [3.05, 3.63) is 83.2 Å². The SMILES string of the molecule is Cc1cc([C@@H]2[C@@H](c3ccccn3)NC(=S)N2CCN2CCOCC2)c(C)n1-c1ccccc1F. The molecule has 1 N–H and O–H groups in total. The zero-order valence-corrected chi connectivity index (χ0v) is 20.4. The molecule has 1 aromatic carbocycles. The average molecular weight is 480 g/mol. The number of halogens is 1. The molecule has 0 unspecified atom stereocenters. The molecule has 2 atom stereocenters. The first-order chi connectivity index (χ1) is 16.5. The highest BCUT2D eigenvalue weighted by atomic mass is 32.1. The van der Waals surface area contributed by atoms with Gasteiger partial charge in [-0.3, -0.25) is 9.88 Å². The number of aromatic nitrogens is 2. The van der Waals surface area contributed by atoms with Crippen LogP contribution in [-0.4, -0.2) is 63.9 Å². The molecule has 0 spiro atoms. The van der Waals surface area contributed by atoms with Crippen LogP contribution in [-0.2, 0) is 4.74 Å². The summed E-state index contributed by atoms with van der Waals surface area (Å²) in [5.41, 5.74) is 4.64. The van der Waals surface area contributed by atoms with Gasteiger partial charge in [-0.1, -0.05) is 18.2 Å². The van der Waals surface area contributed by atoms with Gasteiger partial charge in [-0.15, -0.1) is 0 Å². The van der Waals surface area contributed by atoms with Crippen molar-refractivity contribution in [2.45, 2.75) is 25.9 Å². The van der Waals surface area contributed by atoms with Crippen molar-refractivity contribution < 1.29 is 9.13 Å².